The average molecular weight is 330 g/mol. The molecule has 0 fully saturated rings. The van der Waals surface area contributed by atoms with E-state index in [9.17, 15) is 13.5 Å². The van der Waals surface area contributed by atoms with E-state index in [0.717, 1.165) is 0 Å². The zero-order chi connectivity index (χ0) is 15.5. The molecule has 7 heteroatoms. The number of benzene rings is 1. The molecule has 1 aromatic heterocycles. The third-order valence-electron chi connectivity index (χ3n) is 3.09. The van der Waals surface area contributed by atoms with Gasteiger partial charge in [0, 0.05) is 11.6 Å². The number of hydrogen-bond donors (Lipinski definition) is 2. The van der Waals surface area contributed by atoms with Crippen molar-refractivity contribution < 1.29 is 17.9 Å². The molecule has 0 spiro atoms. The first-order valence-corrected chi connectivity index (χ1v) is 8.24. The molecule has 0 aliphatic heterocycles. The summed E-state index contributed by atoms with van der Waals surface area (Å²) < 4.78 is 31.9. The van der Waals surface area contributed by atoms with Gasteiger partial charge in [-0.3, -0.25) is 0 Å². The predicted octanol–water partition coefficient (Wildman–Crippen LogP) is 2.64. The van der Waals surface area contributed by atoms with E-state index in [0.29, 0.717) is 16.3 Å². The van der Waals surface area contributed by atoms with E-state index >= 15 is 0 Å². The zero-order valence-electron chi connectivity index (χ0n) is 11.4. The second-order valence-corrected chi connectivity index (χ2v) is 6.72. The van der Waals surface area contributed by atoms with Crippen LogP contribution in [0.5, 0.6) is 0 Å². The summed E-state index contributed by atoms with van der Waals surface area (Å²) in [6.07, 6.45) is 0.827. The molecular formula is C14H16ClNO4S. The molecular weight excluding hydrogens is 314 g/mol. The second kappa shape index (κ2) is 6.62. The lowest BCUT2D eigenvalue weighted by atomic mass is 10.2. The van der Waals surface area contributed by atoms with E-state index in [4.69, 9.17) is 16.0 Å². The number of furan rings is 1. The first-order valence-electron chi connectivity index (χ1n) is 6.38. The minimum Gasteiger partial charge on any atom is -0.467 e. The lowest BCUT2D eigenvalue weighted by molar-refractivity contribution is 0.142. The molecule has 5 nitrogen and oxygen atoms in total. The van der Waals surface area contributed by atoms with Crippen LogP contribution in [0.1, 0.15) is 23.8 Å². The van der Waals surface area contributed by atoms with Crippen molar-refractivity contribution in [2.75, 3.05) is 6.54 Å². The number of aliphatic hydroxyl groups is 1. The first-order chi connectivity index (χ1) is 9.92. The van der Waals surface area contributed by atoms with Crippen molar-refractivity contribution in [2.45, 2.75) is 24.3 Å². The Hall–Kier alpha value is -1.34. The van der Waals surface area contributed by atoms with Crippen molar-refractivity contribution in [3.05, 3.63) is 52.9 Å². The highest BCUT2D eigenvalue weighted by Crippen LogP contribution is 2.23. The third kappa shape index (κ3) is 3.85. The Balaban J connectivity index is 2.00. The topological polar surface area (TPSA) is 79.5 Å². The molecule has 0 aliphatic carbocycles. The van der Waals surface area contributed by atoms with Crippen LogP contribution < -0.4 is 4.72 Å². The Morgan fingerprint density at radius 2 is 2.10 bits per heavy atom. The van der Waals surface area contributed by atoms with Crippen LogP contribution in [0.4, 0.5) is 0 Å². The van der Waals surface area contributed by atoms with Gasteiger partial charge < -0.3 is 9.52 Å². The van der Waals surface area contributed by atoms with Crippen LogP contribution >= 0.6 is 11.6 Å². The molecule has 0 radical (unpaired) electrons. The quantitative estimate of drug-likeness (QED) is 0.853. The van der Waals surface area contributed by atoms with Crippen LogP contribution in [-0.2, 0) is 10.0 Å². The maximum atomic E-state index is 12.2. The van der Waals surface area contributed by atoms with Crippen molar-refractivity contribution in [1.29, 1.82) is 0 Å². The first kappa shape index (κ1) is 16.0. The fourth-order valence-electron chi connectivity index (χ4n) is 1.91. The lowest BCUT2D eigenvalue weighted by Crippen LogP contribution is -2.26. The van der Waals surface area contributed by atoms with E-state index in [2.05, 4.69) is 4.72 Å². The minimum absolute atomic E-state index is 0.0934. The molecule has 0 saturated heterocycles. The third-order valence-corrected chi connectivity index (χ3v) is 5.10. The molecule has 1 unspecified atom stereocenters. The Morgan fingerprint density at radius 3 is 2.76 bits per heavy atom. The van der Waals surface area contributed by atoms with Crippen molar-refractivity contribution >= 4 is 21.6 Å². The van der Waals surface area contributed by atoms with E-state index in [1.54, 1.807) is 31.2 Å². The van der Waals surface area contributed by atoms with Gasteiger partial charge in [0.2, 0.25) is 10.0 Å². The zero-order valence-corrected chi connectivity index (χ0v) is 13.0. The smallest absolute Gasteiger partial charge is 0.240 e. The van der Waals surface area contributed by atoms with E-state index in [1.807, 2.05) is 0 Å². The monoisotopic (exact) mass is 329 g/mol. The summed E-state index contributed by atoms with van der Waals surface area (Å²) in [5, 5.41) is 10.2. The van der Waals surface area contributed by atoms with Gasteiger partial charge in [0.05, 0.1) is 11.2 Å². The Labute approximate surface area is 128 Å². The molecule has 2 N–H and O–H groups in total. The maximum Gasteiger partial charge on any atom is 0.240 e. The van der Waals surface area contributed by atoms with Crippen LogP contribution in [0.25, 0.3) is 0 Å². The Kier molecular flexibility index (Phi) is 5.05. The number of hydrogen-bond acceptors (Lipinski definition) is 4. The summed E-state index contributed by atoms with van der Waals surface area (Å²) in [4.78, 5) is 0.141. The summed E-state index contributed by atoms with van der Waals surface area (Å²) >= 11 is 5.93. The molecule has 0 amide bonds. The van der Waals surface area contributed by atoms with Gasteiger partial charge >= 0.3 is 0 Å². The molecule has 114 valence electrons. The summed E-state index contributed by atoms with van der Waals surface area (Å²) in [5.41, 5.74) is 0.498. The van der Waals surface area contributed by atoms with Crippen molar-refractivity contribution in [1.82, 2.24) is 4.72 Å². The number of aliphatic hydroxyl groups excluding tert-OH is 1. The number of nitrogens with one attached hydrogen (secondary N) is 1. The van der Waals surface area contributed by atoms with Gasteiger partial charge in [0.1, 0.15) is 11.9 Å². The molecule has 0 bridgehead atoms. The normalized spacial score (nSPS) is 13.3. The average Bonchev–Trinajstić information content (AvgIpc) is 2.95. The van der Waals surface area contributed by atoms with Gasteiger partial charge in [-0.1, -0.05) is 17.7 Å². The molecule has 0 saturated carbocycles. The molecule has 2 aromatic rings. The number of rotatable bonds is 6. The Bertz CT molecular complexity index is 698. The lowest BCUT2D eigenvalue weighted by Gasteiger charge is -2.11. The number of sulfonamides is 1. The van der Waals surface area contributed by atoms with Gasteiger partial charge in [-0.15, -0.1) is 0 Å². The summed E-state index contributed by atoms with van der Waals surface area (Å²) in [5.74, 6) is 0.410. The molecule has 0 aliphatic rings. The molecule has 1 heterocycles. The highest BCUT2D eigenvalue weighted by atomic mass is 35.5. The van der Waals surface area contributed by atoms with Crippen LogP contribution in [0.2, 0.25) is 5.02 Å². The van der Waals surface area contributed by atoms with Crippen molar-refractivity contribution in [2.24, 2.45) is 0 Å². The maximum absolute atomic E-state index is 12.2. The van der Waals surface area contributed by atoms with Crippen LogP contribution in [0.3, 0.4) is 0 Å². The summed E-state index contributed by atoms with van der Waals surface area (Å²) in [6.45, 7) is 1.74. The van der Waals surface area contributed by atoms with Gasteiger partial charge in [0.15, 0.2) is 0 Å². The fourth-order valence-corrected chi connectivity index (χ4v) is 3.45. The highest BCUT2D eigenvalue weighted by molar-refractivity contribution is 7.89. The Morgan fingerprint density at radius 1 is 1.33 bits per heavy atom. The second-order valence-electron chi connectivity index (χ2n) is 4.58. The fraction of sp³-hybridized carbons (Fsp3) is 0.286. The molecule has 1 atom stereocenters. The number of halogens is 1. The summed E-state index contributed by atoms with van der Waals surface area (Å²) in [6, 6.07) is 8.02. The predicted molar refractivity (Wildman–Crippen MR) is 79.7 cm³/mol. The van der Waals surface area contributed by atoms with E-state index in [-0.39, 0.29) is 17.9 Å². The van der Waals surface area contributed by atoms with E-state index in [1.165, 1.54) is 12.3 Å². The van der Waals surface area contributed by atoms with Crippen molar-refractivity contribution in [3.8, 4) is 0 Å². The van der Waals surface area contributed by atoms with Gasteiger partial charge in [-0.2, -0.15) is 0 Å². The van der Waals surface area contributed by atoms with Crippen LogP contribution in [-0.4, -0.2) is 20.1 Å². The summed E-state index contributed by atoms with van der Waals surface area (Å²) in [7, 11) is -3.65. The SMILES string of the molecule is Cc1c(Cl)cccc1S(=O)(=O)NCCC(O)c1ccco1. The van der Waals surface area contributed by atoms with Gasteiger partial charge in [-0.05, 0) is 43.2 Å². The van der Waals surface area contributed by atoms with Gasteiger partial charge in [-0.25, -0.2) is 13.1 Å². The largest absolute Gasteiger partial charge is 0.467 e. The van der Waals surface area contributed by atoms with E-state index < -0.39 is 16.1 Å². The van der Waals surface area contributed by atoms with Crippen LogP contribution in [0.15, 0.2) is 45.9 Å². The van der Waals surface area contributed by atoms with Crippen LogP contribution in [0, 0.1) is 6.92 Å². The molecule has 1 aromatic carbocycles. The van der Waals surface area contributed by atoms with Gasteiger partial charge in [0.25, 0.3) is 0 Å². The van der Waals surface area contributed by atoms with Crippen molar-refractivity contribution in [3.63, 3.8) is 0 Å². The molecule has 21 heavy (non-hydrogen) atoms. The minimum atomic E-state index is -3.65. The highest BCUT2D eigenvalue weighted by Gasteiger charge is 2.18. The standard InChI is InChI=1S/C14H16ClNO4S/c1-10-11(15)4-2-6-14(10)21(18,19)16-8-7-12(17)13-5-3-9-20-13/h2-6,9,12,16-17H,7-8H2,1H3. The molecule has 2 rings (SSSR count).